The van der Waals surface area contributed by atoms with Gasteiger partial charge in [0.1, 0.15) is 6.04 Å². The van der Waals surface area contributed by atoms with E-state index in [0.29, 0.717) is 19.4 Å². The van der Waals surface area contributed by atoms with E-state index in [0.717, 1.165) is 37.1 Å². The third-order valence-corrected chi connectivity index (χ3v) is 4.78. The summed E-state index contributed by atoms with van der Waals surface area (Å²) in [6, 6.07) is 6.71. The molecule has 0 aromatic heterocycles. The van der Waals surface area contributed by atoms with E-state index in [4.69, 9.17) is 0 Å². The number of hydrogen-bond donors (Lipinski definition) is 1. The van der Waals surface area contributed by atoms with E-state index in [1.165, 1.54) is 4.90 Å². The highest BCUT2D eigenvalue weighted by molar-refractivity contribution is 5.95. The molecule has 2 amide bonds. The summed E-state index contributed by atoms with van der Waals surface area (Å²) in [5.74, 6) is -0.936. The van der Waals surface area contributed by atoms with Crippen LogP contribution in [0.25, 0.3) is 0 Å². The minimum Gasteiger partial charge on any atom is -0.480 e. The summed E-state index contributed by atoms with van der Waals surface area (Å²) in [7, 11) is 0. The van der Waals surface area contributed by atoms with Crippen molar-refractivity contribution in [3.63, 3.8) is 0 Å². The molecule has 6 heteroatoms. The van der Waals surface area contributed by atoms with Crippen molar-refractivity contribution in [1.29, 1.82) is 0 Å². The van der Waals surface area contributed by atoms with Crippen LogP contribution in [0, 0.1) is 0 Å². The van der Waals surface area contributed by atoms with Crippen LogP contribution in [0.2, 0.25) is 0 Å². The Labute approximate surface area is 141 Å². The highest BCUT2D eigenvalue weighted by Crippen LogP contribution is 2.23. The monoisotopic (exact) mass is 330 g/mol. The molecule has 1 aromatic carbocycles. The van der Waals surface area contributed by atoms with E-state index in [1.54, 1.807) is 4.90 Å². The lowest BCUT2D eigenvalue weighted by atomic mass is 10.0. The largest absolute Gasteiger partial charge is 0.480 e. The molecule has 2 aliphatic rings. The van der Waals surface area contributed by atoms with E-state index < -0.39 is 12.0 Å². The van der Waals surface area contributed by atoms with Crippen molar-refractivity contribution in [3.05, 3.63) is 29.8 Å². The maximum atomic E-state index is 12.5. The first-order chi connectivity index (χ1) is 11.6. The average Bonchev–Trinajstić information content (AvgIpc) is 3.01. The number of carboxylic acid groups (broad SMARTS) is 1. The number of benzene rings is 1. The highest BCUT2D eigenvalue weighted by Gasteiger charge is 2.31. The van der Waals surface area contributed by atoms with Crippen LogP contribution in [0.1, 0.15) is 37.7 Å². The Hall–Kier alpha value is -2.37. The van der Waals surface area contributed by atoms with Crippen molar-refractivity contribution in [1.82, 2.24) is 4.90 Å². The van der Waals surface area contributed by atoms with Crippen molar-refractivity contribution >= 4 is 23.5 Å². The lowest BCUT2D eigenvalue weighted by Gasteiger charge is -2.33. The van der Waals surface area contributed by atoms with Gasteiger partial charge in [0.05, 0.1) is 6.42 Å². The molecule has 0 radical (unpaired) electrons. The van der Waals surface area contributed by atoms with E-state index in [-0.39, 0.29) is 18.2 Å². The molecule has 0 bridgehead atoms. The van der Waals surface area contributed by atoms with Gasteiger partial charge in [-0.25, -0.2) is 4.79 Å². The number of anilines is 1. The van der Waals surface area contributed by atoms with Crippen LogP contribution in [0.3, 0.4) is 0 Å². The predicted molar refractivity (Wildman–Crippen MR) is 88.7 cm³/mol. The molecule has 3 rings (SSSR count). The van der Waals surface area contributed by atoms with Gasteiger partial charge in [-0.05, 0) is 43.4 Å². The molecule has 2 saturated heterocycles. The first kappa shape index (κ1) is 16.5. The number of carbonyl (C=O) groups excluding carboxylic acids is 2. The number of aliphatic carboxylic acids is 1. The van der Waals surface area contributed by atoms with Crippen LogP contribution in [0.5, 0.6) is 0 Å². The lowest BCUT2D eigenvalue weighted by molar-refractivity contribution is -0.151. The molecule has 2 fully saturated rings. The van der Waals surface area contributed by atoms with E-state index in [1.807, 2.05) is 24.3 Å². The highest BCUT2D eigenvalue weighted by atomic mass is 16.4. The first-order valence-corrected chi connectivity index (χ1v) is 8.48. The molecule has 1 unspecified atom stereocenters. The van der Waals surface area contributed by atoms with Crippen LogP contribution in [-0.2, 0) is 20.8 Å². The first-order valence-electron chi connectivity index (χ1n) is 8.48. The minimum atomic E-state index is -0.925. The van der Waals surface area contributed by atoms with Gasteiger partial charge in [-0.3, -0.25) is 9.59 Å². The maximum Gasteiger partial charge on any atom is 0.326 e. The zero-order valence-corrected chi connectivity index (χ0v) is 13.6. The van der Waals surface area contributed by atoms with E-state index >= 15 is 0 Å². The molecule has 0 aliphatic carbocycles. The molecule has 6 nitrogen and oxygen atoms in total. The van der Waals surface area contributed by atoms with E-state index in [9.17, 15) is 19.5 Å². The Morgan fingerprint density at radius 3 is 2.46 bits per heavy atom. The van der Waals surface area contributed by atoms with Gasteiger partial charge in [0.2, 0.25) is 11.8 Å². The fourth-order valence-corrected chi connectivity index (χ4v) is 3.48. The number of carbonyl (C=O) groups is 3. The van der Waals surface area contributed by atoms with E-state index in [2.05, 4.69) is 0 Å². The Kier molecular flexibility index (Phi) is 4.83. The third-order valence-electron chi connectivity index (χ3n) is 4.78. The molecule has 24 heavy (non-hydrogen) atoms. The predicted octanol–water partition coefficient (Wildman–Crippen LogP) is 1.82. The van der Waals surface area contributed by atoms with Crippen molar-refractivity contribution in [2.24, 2.45) is 0 Å². The van der Waals surface area contributed by atoms with Gasteiger partial charge in [-0.15, -0.1) is 0 Å². The maximum absolute atomic E-state index is 12.5. The molecular formula is C18H22N2O4. The average molecular weight is 330 g/mol. The summed E-state index contributed by atoms with van der Waals surface area (Å²) in [5, 5.41) is 9.27. The van der Waals surface area contributed by atoms with Crippen LogP contribution in [-0.4, -0.2) is 46.9 Å². The van der Waals surface area contributed by atoms with Gasteiger partial charge in [0.25, 0.3) is 0 Å². The summed E-state index contributed by atoms with van der Waals surface area (Å²) in [5.41, 5.74) is 1.69. The minimum absolute atomic E-state index is 0.136. The van der Waals surface area contributed by atoms with Crippen molar-refractivity contribution in [3.8, 4) is 0 Å². The second-order valence-corrected chi connectivity index (χ2v) is 6.43. The Balaban J connectivity index is 1.65. The second-order valence-electron chi connectivity index (χ2n) is 6.43. The van der Waals surface area contributed by atoms with Gasteiger partial charge < -0.3 is 14.9 Å². The summed E-state index contributed by atoms with van der Waals surface area (Å²) in [6.45, 7) is 1.25. The Morgan fingerprint density at radius 1 is 1.08 bits per heavy atom. The number of piperidine rings is 1. The molecule has 1 atom stereocenters. The molecule has 2 heterocycles. The summed E-state index contributed by atoms with van der Waals surface area (Å²) < 4.78 is 0. The Bertz CT molecular complexity index is 641. The lowest BCUT2D eigenvalue weighted by Crippen LogP contribution is -2.48. The molecule has 0 spiro atoms. The summed E-state index contributed by atoms with van der Waals surface area (Å²) >= 11 is 0. The third kappa shape index (κ3) is 3.42. The number of hydrogen-bond acceptors (Lipinski definition) is 3. The SMILES string of the molecule is O=C(O)C1CCCCN1C(=O)Cc1ccc(N2CCCC2=O)cc1. The molecule has 1 aromatic rings. The van der Waals surface area contributed by atoms with Crippen LogP contribution < -0.4 is 4.90 Å². The fourth-order valence-electron chi connectivity index (χ4n) is 3.48. The molecular weight excluding hydrogens is 308 g/mol. The smallest absolute Gasteiger partial charge is 0.326 e. The van der Waals surface area contributed by atoms with Gasteiger partial charge in [-0.2, -0.15) is 0 Å². The van der Waals surface area contributed by atoms with Crippen LogP contribution >= 0.6 is 0 Å². The molecule has 2 aliphatic heterocycles. The normalized spacial score (nSPS) is 21.2. The zero-order valence-electron chi connectivity index (χ0n) is 13.6. The van der Waals surface area contributed by atoms with Crippen molar-refractivity contribution < 1.29 is 19.5 Å². The molecule has 128 valence electrons. The van der Waals surface area contributed by atoms with Crippen LogP contribution in [0.4, 0.5) is 5.69 Å². The standard InChI is InChI=1S/C18H22N2O4/c21-16-5-3-11-19(16)14-8-6-13(7-9-14)12-17(22)20-10-2-1-4-15(20)18(23)24/h6-9,15H,1-5,10-12H2,(H,23,24). The Morgan fingerprint density at radius 2 is 1.83 bits per heavy atom. The quantitative estimate of drug-likeness (QED) is 0.913. The second kappa shape index (κ2) is 7.03. The number of carboxylic acids is 1. The summed E-state index contributed by atoms with van der Waals surface area (Å²) in [4.78, 5) is 38.8. The molecule has 0 saturated carbocycles. The van der Waals surface area contributed by atoms with Crippen molar-refractivity contribution in [2.45, 2.75) is 44.6 Å². The number of likely N-dealkylation sites (tertiary alicyclic amines) is 1. The van der Waals surface area contributed by atoms with Gasteiger partial charge in [-0.1, -0.05) is 12.1 Å². The van der Waals surface area contributed by atoms with Crippen molar-refractivity contribution in [2.75, 3.05) is 18.0 Å². The number of amides is 2. The fraction of sp³-hybridized carbons (Fsp3) is 0.500. The van der Waals surface area contributed by atoms with Gasteiger partial charge in [0, 0.05) is 25.2 Å². The van der Waals surface area contributed by atoms with Gasteiger partial charge in [0.15, 0.2) is 0 Å². The zero-order chi connectivity index (χ0) is 17.1. The summed E-state index contributed by atoms with van der Waals surface area (Å²) in [6.07, 6.45) is 3.89. The number of nitrogens with zero attached hydrogens (tertiary/aromatic N) is 2. The molecule has 1 N–H and O–H groups in total. The van der Waals surface area contributed by atoms with Gasteiger partial charge >= 0.3 is 5.97 Å². The topological polar surface area (TPSA) is 77.9 Å². The number of rotatable bonds is 4. The van der Waals surface area contributed by atoms with Crippen LogP contribution in [0.15, 0.2) is 24.3 Å².